The molecule has 0 bridgehead atoms. The number of hydrogen-bond donors (Lipinski definition) is 3. The zero-order chi connectivity index (χ0) is 18.8. The van der Waals surface area contributed by atoms with E-state index >= 15 is 0 Å². The van der Waals surface area contributed by atoms with Crippen molar-refractivity contribution in [1.29, 1.82) is 0 Å². The third-order valence-corrected chi connectivity index (χ3v) is 6.04. The number of aliphatic carboxylic acids is 2. The minimum absolute atomic E-state index is 0.160. The summed E-state index contributed by atoms with van der Waals surface area (Å²) in [7, 11) is 0. The Morgan fingerprint density at radius 3 is 2.73 bits per heavy atom. The number of nitrogens with zero attached hydrogens (tertiary/aromatic N) is 1. The highest BCUT2D eigenvalue weighted by Gasteiger charge is 2.53. The highest BCUT2D eigenvalue weighted by atomic mass is 32.2. The van der Waals surface area contributed by atoms with Gasteiger partial charge in [0.05, 0.1) is 6.42 Å². The van der Waals surface area contributed by atoms with Gasteiger partial charge in [-0.1, -0.05) is 6.07 Å². The Balaban J connectivity index is 1.73. The number of thiophene rings is 1. The quantitative estimate of drug-likeness (QED) is 0.478. The van der Waals surface area contributed by atoms with Crippen LogP contribution in [0.25, 0.3) is 0 Å². The zero-order valence-corrected chi connectivity index (χ0v) is 14.9. The van der Waals surface area contributed by atoms with Crippen molar-refractivity contribution in [3.05, 3.63) is 45.8 Å². The average molecular weight is 394 g/mol. The highest BCUT2D eigenvalue weighted by Crippen LogP contribution is 2.40. The van der Waals surface area contributed by atoms with Crippen LogP contribution in [0.3, 0.4) is 0 Å². The Morgan fingerprint density at radius 2 is 2.12 bits per heavy atom. The molecule has 1 saturated heterocycles. The molecular formula is C16H14N2O6S2. The van der Waals surface area contributed by atoms with Gasteiger partial charge in [0.1, 0.15) is 17.1 Å². The largest absolute Gasteiger partial charge is 0.478 e. The SMILES string of the molecule is O=C(O)/C=C/C1=C(C(=O)O)N2C(=O)[C@@H](NC(=O)Cc3cccs3)[C@H]2SC1. The number of allylic oxidation sites excluding steroid dienone is 1. The number of amides is 2. The lowest BCUT2D eigenvalue weighted by Gasteiger charge is -2.49. The number of thioether (sulfide) groups is 1. The summed E-state index contributed by atoms with van der Waals surface area (Å²) in [5.41, 5.74) is 0.0119. The average Bonchev–Trinajstić information content (AvgIpc) is 3.09. The monoisotopic (exact) mass is 394 g/mol. The van der Waals surface area contributed by atoms with E-state index in [2.05, 4.69) is 5.32 Å². The second kappa shape index (κ2) is 7.34. The molecule has 26 heavy (non-hydrogen) atoms. The molecule has 1 aromatic rings. The molecule has 1 aromatic heterocycles. The van der Waals surface area contributed by atoms with Crippen molar-refractivity contribution in [3.63, 3.8) is 0 Å². The molecule has 0 saturated carbocycles. The Morgan fingerprint density at radius 1 is 1.35 bits per heavy atom. The van der Waals surface area contributed by atoms with Gasteiger partial charge in [-0.05, 0) is 23.1 Å². The van der Waals surface area contributed by atoms with Crippen LogP contribution < -0.4 is 5.32 Å². The molecule has 2 aliphatic heterocycles. The van der Waals surface area contributed by atoms with Gasteiger partial charge in [0.2, 0.25) is 5.91 Å². The fourth-order valence-electron chi connectivity index (χ4n) is 2.74. The molecule has 0 radical (unpaired) electrons. The first-order valence-electron chi connectivity index (χ1n) is 7.52. The zero-order valence-electron chi connectivity index (χ0n) is 13.2. The van der Waals surface area contributed by atoms with Crippen molar-refractivity contribution in [2.75, 3.05) is 5.75 Å². The maximum atomic E-state index is 12.4. The lowest BCUT2D eigenvalue weighted by atomic mass is 10.0. The van der Waals surface area contributed by atoms with Crippen molar-refractivity contribution < 1.29 is 29.4 Å². The molecule has 0 aliphatic carbocycles. The maximum Gasteiger partial charge on any atom is 0.352 e. The van der Waals surface area contributed by atoms with E-state index in [0.29, 0.717) is 0 Å². The summed E-state index contributed by atoms with van der Waals surface area (Å²) in [6.45, 7) is 0. The Labute approximate surface area is 156 Å². The number of rotatable bonds is 6. The lowest BCUT2D eigenvalue weighted by Crippen LogP contribution is -2.70. The standard InChI is InChI=1S/C16H14N2O6S2/c19-10(6-9-2-1-5-25-9)17-12-14(22)18-13(16(23)24)8(3-4-11(20)21)7-26-15(12)18/h1-5,12,15H,6-7H2,(H,17,19)(H,20,21)(H,23,24)/b4-3+/t12-,15-/m1/s1. The molecule has 0 unspecified atom stereocenters. The summed E-state index contributed by atoms with van der Waals surface area (Å²) in [4.78, 5) is 48.7. The number of carbonyl (C=O) groups is 4. The lowest BCUT2D eigenvalue weighted by molar-refractivity contribution is -0.150. The summed E-state index contributed by atoms with van der Waals surface area (Å²) in [5.74, 6) is -3.10. The van der Waals surface area contributed by atoms with E-state index in [1.165, 1.54) is 29.2 Å². The van der Waals surface area contributed by atoms with Gasteiger partial charge in [-0.3, -0.25) is 14.5 Å². The van der Waals surface area contributed by atoms with Gasteiger partial charge < -0.3 is 15.5 Å². The van der Waals surface area contributed by atoms with Gasteiger partial charge in [-0.2, -0.15) is 0 Å². The van der Waals surface area contributed by atoms with Crippen LogP contribution in [0, 0.1) is 0 Å². The maximum absolute atomic E-state index is 12.4. The van der Waals surface area contributed by atoms with Crippen LogP contribution >= 0.6 is 23.1 Å². The number of fused-ring (bicyclic) bond motifs is 1. The van der Waals surface area contributed by atoms with Crippen LogP contribution in [0.15, 0.2) is 40.9 Å². The molecule has 8 nitrogen and oxygen atoms in total. The number of hydrogen-bond acceptors (Lipinski definition) is 6. The topological polar surface area (TPSA) is 124 Å². The smallest absolute Gasteiger partial charge is 0.352 e. The minimum Gasteiger partial charge on any atom is -0.478 e. The van der Waals surface area contributed by atoms with Gasteiger partial charge in [0.25, 0.3) is 5.91 Å². The molecule has 3 heterocycles. The number of carboxylic acid groups (broad SMARTS) is 2. The van der Waals surface area contributed by atoms with E-state index in [0.717, 1.165) is 15.9 Å². The molecule has 3 rings (SSSR count). The Hall–Kier alpha value is -2.59. The third-order valence-electron chi connectivity index (χ3n) is 3.86. The molecule has 3 N–H and O–H groups in total. The van der Waals surface area contributed by atoms with Crippen molar-refractivity contribution in [2.45, 2.75) is 17.8 Å². The number of carboxylic acids is 2. The van der Waals surface area contributed by atoms with E-state index in [1.807, 2.05) is 17.5 Å². The summed E-state index contributed by atoms with van der Waals surface area (Å²) < 4.78 is 0. The second-order valence-corrected chi connectivity index (χ2v) is 7.70. The van der Waals surface area contributed by atoms with Crippen LogP contribution in [0.1, 0.15) is 4.88 Å². The highest BCUT2D eigenvalue weighted by molar-refractivity contribution is 8.00. The third kappa shape index (κ3) is 3.51. The van der Waals surface area contributed by atoms with E-state index in [9.17, 15) is 24.3 Å². The first kappa shape index (κ1) is 18.2. The van der Waals surface area contributed by atoms with Crippen LogP contribution in [-0.4, -0.2) is 56.0 Å². The van der Waals surface area contributed by atoms with Gasteiger partial charge in [0.15, 0.2) is 0 Å². The van der Waals surface area contributed by atoms with Crippen LogP contribution in [-0.2, 0) is 25.6 Å². The molecule has 2 amide bonds. The number of nitrogens with one attached hydrogen (secondary N) is 1. The minimum atomic E-state index is -1.31. The van der Waals surface area contributed by atoms with Gasteiger partial charge in [-0.25, -0.2) is 9.59 Å². The molecular weight excluding hydrogens is 380 g/mol. The summed E-state index contributed by atoms with van der Waals surface area (Å²) in [6.07, 6.45) is 2.18. The fraction of sp³-hybridized carbons (Fsp3) is 0.250. The van der Waals surface area contributed by atoms with Gasteiger partial charge in [-0.15, -0.1) is 23.1 Å². The van der Waals surface area contributed by atoms with E-state index in [-0.39, 0.29) is 29.4 Å². The molecule has 10 heteroatoms. The molecule has 136 valence electrons. The normalized spacial score (nSPS) is 22.2. The molecule has 2 atom stereocenters. The Kier molecular flexibility index (Phi) is 5.14. The Bertz CT molecular complexity index is 830. The summed E-state index contributed by atoms with van der Waals surface area (Å²) >= 11 is 2.72. The van der Waals surface area contributed by atoms with Crippen molar-refractivity contribution in [2.24, 2.45) is 0 Å². The van der Waals surface area contributed by atoms with Crippen LogP contribution in [0.5, 0.6) is 0 Å². The number of β-lactam (4-membered cyclic amide) rings is 1. The van der Waals surface area contributed by atoms with E-state index in [1.54, 1.807) is 0 Å². The predicted molar refractivity (Wildman–Crippen MR) is 94.5 cm³/mol. The van der Waals surface area contributed by atoms with Gasteiger partial charge in [0, 0.05) is 16.7 Å². The summed E-state index contributed by atoms with van der Waals surface area (Å²) in [5, 5.41) is 22.1. The fourth-order valence-corrected chi connectivity index (χ4v) is 4.76. The predicted octanol–water partition coefficient (Wildman–Crippen LogP) is 0.670. The van der Waals surface area contributed by atoms with Crippen molar-refractivity contribution >= 4 is 46.9 Å². The first-order chi connectivity index (χ1) is 12.4. The van der Waals surface area contributed by atoms with Gasteiger partial charge >= 0.3 is 11.9 Å². The molecule has 0 spiro atoms. The van der Waals surface area contributed by atoms with E-state index in [4.69, 9.17) is 5.11 Å². The van der Waals surface area contributed by atoms with E-state index < -0.39 is 29.3 Å². The van der Waals surface area contributed by atoms with Crippen LogP contribution in [0.4, 0.5) is 0 Å². The number of carbonyl (C=O) groups excluding carboxylic acids is 2. The second-order valence-electron chi connectivity index (χ2n) is 5.56. The molecule has 1 fully saturated rings. The van der Waals surface area contributed by atoms with Crippen molar-refractivity contribution in [3.8, 4) is 0 Å². The molecule has 0 aromatic carbocycles. The van der Waals surface area contributed by atoms with Crippen LogP contribution in [0.2, 0.25) is 0 Å². The summed E-state index contributed by atoms with van der Waals surface area (Å²) in [6, 6.07) is 2.86. The molecule has 2 aliphatic rings. The first-order valence-corrected chi connectivity index (χ1v) is 9.45. The van der Waals surface area contributed by atoms with Crippen molar-refractivity contribution in [1.82, 2.24) is 10.2 Å².